The molecule has 12 heteroatoms. The van der Waals surface area contributed by atoms with Gasteiger partial charge in [0.1, 0.15) is 17.3 Å². The second kappa shape index (κ2) is 22.4. The van der Waals surface area contributed by atoms with Crippen LogP contribution in [0.2, 0.25) is 5.02 Å². The maximum atomic E-state index is 13.5. The number of hydrogen-bond donors (Lipinski definition) is 1. The summed E-state index contributed by atoms with van der Waals surface area (Å²) < 4.78 is 21.9. The van der Waals surface area contributed by atoms with Gasteiger partial charge in [-0.2, -0.15) is 0 Å². The predicted molar refractivity (Wildman–Crippen MR) is 255 cm³/mol. The summed E-state index contributed by atoms with van der Waals surface area (Å²) in [5.74, 6) is 2.92. The van der Waals surface area contributed by atoms with Gasteiger partial charge in [-0.05, 0) is 150 Å². The van der Waals surface area contributed by atoms with Crippen molar-refractivity contribution in [1.82, 2.24) is 10.3 Å². The fourth-order valence-electron chi connectivity index (χ4n) is 10.5. The second-order valence-electron chi connectivity index (χ2n) is 22.5. The van der Waals surface area contributed by atoms with Crippen LogP contribution in [-0.2, 0) is 47.9 Å². The predicted octanol–water partition coefficient (Wildman–Crippen LogP) is 12.8. The molecule has 0 saturated heterocycles. The van der Waals surface area contributed by atoms with E-state index in [0.29, 0.717) is 72.0 Å². The van der Waals surface area contributed by atoms with Crippen LogP contribution in [0.5, 0.6) is 0 Å². The largest absolute Gasteiger partial charge is 0.481 e. The van der Waals surface area contributed by atoms with Crippen molar-refractivity contribution in [2.75, 3.05) is 13.2 Å². The molecule has 0 amide bonds. The van der Waals surface area contributed by atoms with Crippen molar-refractivity contribution in [2.24, 2.45) is 34.5 Å². The number of carbonyl (C=O) groups excluding carboxylic acids is 3. The normalized spacial score (nSPS) is 21.4. The van der Waals surface area contributed by atoms with Crippen molar-refractivity contribution in [3.63, 3.8) is 0 Å². The molecule has 364 valence electrons. The monoisotopic (exact) mass is 933 g/mol. The van der Waals surface area contributed by atoms with Gasteiger partial charge in [-0.25, -0.2) is 0 Å². The van der Waals surface area contributed by atoms with Crippen LogP contribution in [0.1, 0.15) is 214 Å². The molecular formula is C54H77ClN2O9. The number of esters is 2. The Bertz CT molecular complexity index is 2120. The van der Waals surface area contributed by atoms with E-state index in [1.807, 2.05) is 25.1 Å². The standard InChI is InChI=1S/C31H42ClNO4.C23H35NO5/c1-6-36-28(35)12-11-23(27(34)17-22-8-7-19(2)13-25(22)32)16-26-29(21-9-10-21)30(37-33-26)24-14-20(15-24)18-31(3,4)5;1-5-28-19(25)9-8-16(22(26)27)12-18-20(15-6-7-15)21(29-24-18)17-10-14(11-17)13-23(2,3)4/h7-8,13,20-21,23-24H,6,9-12,14-18H2,1-5H3;14-17H,5-13H2,1-4H3,(H,26,27)/t20?,23-,24?;14?,16-,17?/m00/s1. The molecule has 4 fully saturated rings. The Balaban J connectivity index is 0.000000225. The minimum absolute atomic E-state index is 0.0789. The molecule has 11 nitrogen and oxygen atoms in total. The van der Waals surface area contributed by atoms with E-state index in [2.05, 4.69) is 51.9 Å². The number of ketones is 1. The molecule has 4 saturated carbocycles. The lowest BCUT2D eigenvalue weighted by Gasteiger charge is -2.38. The van der Waals surface area contributed by atoms with E-state index in [1.165, 1.54) is 24.0 Å². The molecule has 3 aromatic rings. The summed E-state index contributed by atoms with van der Waals surface area (Å²) in [6, 6.07) is 5.79. The van der Waals surface area contributed by atoms with Crippen molar-refractivity contribution in [3.8, 4) is 0 Å². The highest BCUT2D eigenvalue weighted by atomic mass is 35.5. The summed E-state index contributed by atoms with van der Waals surface area (Å²) >= 11 is 6.44. The highest BCUT2D eigenvalue weighted by Gasteiger charge is 2.43. The Hall–Kier alpha value is -3.99. The third-order valence-corrected chi connectivity index (χ3v) is 14.3. The van der Waals surface area contributed by atoms with E-state index in [0.717, 1.165) is 97.2 Å². The van der Waals surface area contributed by atoms with E-state index >= 15 is 0 Å². The van der Waals surface area contributed by atoms with Crippen LogP contribution >= 0.6 is 11.6 Å². The number of carboxylic acid groups (broad SMARTS) is 1. The Morgan fingerprint density at radius 1 is 0.712 bits per heavy atom. The molecule has 0 bridgehead atoms. The number of benzene rings is 1. The average molecular weight is 934 g/mol. The first kappa shape index (κ1) is 51.4. The van der Waals surface area contributed by atoms with Gasteiger partial charge in [0, 0.05) is 66.0 Å². The van der Waals surface area contributed by atoms with Gasteiger partial charge < -0.3 is 23.6 Å². The number of aromatic nitrogens is 2. The van der Waals surface area contributed by atoms with Gasteiger partial charge in [0.15, 0.2) is 0 Å². The Kier molecular flexibility index (Phi) is 17.5. The molecular weight excluding hydrogens is 856 g/mol. The zero-order valence-corrected chi connectivity index (χ0v) is 42.0. The zero-order valence-electron chi connectivity index (χ0n) is 41.3. The lowest BCUT2D eigenvalue weighted by Crippen LogP contribution is -2.26. The van der Waals surface area contributed by atoms with Crippen molar-refractivity contribution < 1.29 is 42.8 Å². The van der Waals surface area contributed by atoms with Crippen LogP contribution in [0, 0.1) is 41.4 Å². The smallest absolute Gasteiger partial charge is 0.306 e. The Morgan fingerprint density at radius 2 is 1.15 bits per heavy atom. The molecule has 66 heavy (non-hydrogen) atoms. The van der Waals surface area contributed by atoms with Crippen molar-refractivity contribution in [1.29, 1.82) is 0 Å². The Morgan fingerprint density at radius 3 is 1.55 bits per heavy atom. The first-order valence-corrected chi connectivity index (χ1v) is 25.4. The van der Waals surface area contributed by atoms with E-state index in [9.17, 15) is 24.3 Å². The quantitative estimate of drug-likeness (QED) is 0.0955. The number of carboxylic acids is 1. The van der Waals surface area contributed by atoms with Crippen molar-refractivity contribution in [3.05, 3.63) is 68.4 Å². The lowest BCUT2D eigenvalue weighted by atomic mass is 9.67. The summed E-state index contributed by atoms with van der Waals surface area (Å²) in [6.45, 7) is 19.9. The number of Topliss-reactive ketones (excluding diaryl/α,β-unsaturated/α-hetero) is 1. The zero-order chi connectivity index (χ0) is 47.9. The number of nitrogens with zero attached hydrogens (tertiary/aromatic N) is 2. The summed E-state index contributed by atoms with van der Waals surface area (Å²) in [5.41, 5.74) is 6.69. The molecule has 0 spiro atoms. The Labute approximate surface area is 398 Å². The van der Waals surface area contributed by atoms with Gasteiger partial charge in [0.25, 0.3) is 0 Å². The summed E-state index contributed by atoms with van der Waals surface area (Å²) in [4.78, 5) is 49.0. The average Bonchev–Trinajstić information content (AvgIpc) is 4.14. The van der Waals surface area contributed by atoms with Crippen LogP contribution in [0.25, 0.3) is 0 Å². The third-order valence-electron chi connectivity index (χ3n) is 13.9. The number of aliphatic carboxylic acids is 1. The molecule has 2 aromatic heterocycles. The number of aryl methyl sites for hydroxylation is 1. The lowest BCUT2D eigenvalue weighted by molar-refractivity contribution is -0.146. The fourth-order valence-corrected chi connectivity index (χ4v) is 10.8. The molecule has 1 N–H and O–H groups in total. The van der Waals surface area contributed by atoms with Crippen LogP contribution in [0.4, 0.5) is 0 Å². The molecule has 0 aliphatic heterocycles. The van der Waals surface area contributed by atoms with Gasteiger partial charge in [-0.1, -0.05) is 75.6 Å². The SMILES string of the molecule is CCOC(=O)CC[C@@H](Cc1noc(C2CC(CC(C)(C)C)C2)c1C1CC1)C(=O)Cc1ccc(C)cc1Cl.CCOC(=O)CC[C@@H](Cc1noc(C2CC(CC(C)(C)C)C2)c1C1CC1)C(=O)O. The minimum Gasteiger partial charge on any atom is -0.481 e. The van der Waals surface area contributed by atoms with Gasteiger partial charge in [0.05, 0.1) is 30.5 Å². The van der Waals surface area contributed by atoms with E-state index < -0.39 is 11.9 Å². The highest BCUT2D eigenvalue weighted by molar-refractivity contribution is 6.31. The van der Waals surface area contributed by atoms with Crippen molar-refractivity contribution in [2.45, 2.75) is 195 Å². The van der Waals surface area contributed by atoms with Gasteiger partial charge in [-0.15, -0.1) is 0 Å². The molecule has 2 heterocycles. The maximum absolute atomic E-state index is 13.5. The van der Waals surface area contributed by atoms with Gasteiger partial charge >= 0.3 is 17.9 Å². The topological polar surface area (TPSA) is 159 Å². The van der Waals surface area contributed by atoms with E-state index in [4.69, 9.17) is 30.1 Å². The molecule has 4 aliphatic carbocycles. The van der Waals surface area contributed by atoms with Crippen LogP contribution in [0.3, 0.4) is 0 Å². The molecule has 4 aliphatic rings. The van der Waals surface area contributed by atoms with E-state index in [-0.39, 0.29) is 49.3 Å². The first-order chi connectivity index (χ1) is 31.2. The first-order valence-electron chi connectivity index (χ1n) is 25.0. The number of halogens is 1. The second-order valence-corrected chi connectivity index (χ2v) is 22.9. The minimum atomic E-state index is -0.894. The number of ether oxygens (including phenoxy) is 2. The van der Waals surface area contributed by atoms with E-state index in [1.54, 1.807) is 13.8 Å². The molecule has 7 rings (SSSR count). The maximum Gasteiger partial charge on any atom is 0.306 e. The van der Waals surface area contributed by atoms with Crippen LogP contribution < -0.4 is 0 Å². The number of rotatable bonds is 22. The molecule has 1 aromatic carbocycles. The molecule has 2 atom stereocenters. The van der Waals surface area contributed by atoms with Gasteiger partial charge in [-0.3, -0.25) is 19.2 Å². The fraction of sp³-hybridized carbons (Fsp3) is 0.704. The number of carbonyl (C=O) groups is 4. The van der Waals surface area contributed by atoms with Crippen molar-refractivity contribution >= 4 is 35.3 Å². The molecule has 0 radical (unpaired) electrons. The summed E-state index contributed by atoms with van der Waals surface area (Å²) in [6.07, 6.45) is 13.7. The third kappa shape index (κ3) is 14.8. The number of hydrogen-bond acceptors (Lipinski definition) is 10. The van der Waals surface area contributed by atoms with Crippen LogP contribution in [-0.4, -0.2) is 52.3 Å². The highest BCUT2D eigenvalue weighted by Crippen LogP contribution is 2.54. The summed E-state index contributed by atoms with van der Waals surface area (Å²) in [5, 5.41) is 19.1. The van der Waals surface area contributed by atoms with Crippen LogP contribution in [0.15, 0.2) is 27.2 Å². The van der Waals surface area contributed by atoms with Gasteiger partial charge in [0.2, 0.25) is 0 Å². The summed E-state index contributed by atoms with van der Waals surface area (Å²) in [7, 11) is 0. The molecule has 0 unspecified atom stereocenters.